The van der Waals surface area contributed by atoms with Gasteiger partial charge < -0.3 is 4.74 Å². The Balaban J connectivity index is 0.000000921. The highest BCUT2D eigenvalue weighted by molar-refractivity contribution is 5.34. The fraction of sp³-hybridized carbons (Fsp3) is 0.400. The van der Waals surface area contributed by atoms with Crippen molar-refractivity contribution in [3.05, 3.63) is 23.4 Å². The molecule has 0 saturated heterocycles. The maximum Gasteiger partial charge on any atom is 0.388 e. The van der Waals surface area contributed by atoms with E-state index in [0.29, 0.717) is 11.1 Å². The molecule has 0 radical (unpaired) electrons. The minimum absolute atomic E-state index is 0.144. The number of hydrogen-bond acceptors (Lipinski definition) is 3. The average molecular weight is 214 g/mol. The number of nitrogens with zero attached hydrogens (tertiary/aromatic N) is 2. The number of alkyl halides is 2. The van der Waals surface area contributed by atoms with Crippen LogP contribution in [0.25, 0.3) is 0 Å². The zero-order valence-corrected chi connectivity index (χ0v) is 8.79. The summed E-state index contributed by atoms with van der Waals surface area (Å²) < 4.78 is 27.6. The lowest BCUT2D eigenvalue weighted by Crippen LogP contribution is -2.05. The van der Waals surface area contributed by atoms with E-state index < -0.39 is 6.61 Å². The standard InChI is InChI=1S/C8H6F2N2O.C2H6/c1-5-2-6(3-11)4-12-7(5)13-8(9)10;1-2/h2,4,8H,1H3;1-2H3. The van der Waals surface area contributed by atoms with Crippen LogP contribution in [0.3, 0.4) is 0 Å². The van der Waals surface area contributed by atoms with E-state index in [2.05, 4.69) is 9.72 Å². The second-order valence-corrected chi connectivity index (χ2v) is 2.34. The molecule has 1 heterocycles. The summed E-state index contributed by atoms with van der Waals surface area (Å²) in [4.78, 5) is 3.56. The molecule has 0 saturated carbocycles. The van der Waals surface area contributed by atoms with Crippen molar-refractivity contribution in [2.75, 3.05) is 0 Å². The minimum Gasteiger partial charge on any atom is -0.417 e. The Bertz CT molecular complexity index is 348. The molecule has 1 aromatic heterocycles. The lowest BCUT2D eigenvalue weighted by Gasteiger charge is -2.05. The minimum atomic E-state index is -2.89. The molecule has 0 bridgehead atoms. The Hall–Kier alpha value is -1.70. The number of nitriles is 1. The number of pyridine rings is 1. The van der Waals surface area contributed by atoms with Crippen molar-refractivity contribution in [2.24, 2.45) is 0 Å². The maximum absolute atomic E-state index is 11.8. The van der Waals surface area contributed by atoms with Crippen molar-refractivity contribution < 1.29 is 13.5 Å². The summed E-state index contributed by atoms with van der Waals surface area (Å²) >= 11 is 0. The van der Waals surface area contributed by atoms with E-state index in [1.807, 2.05) is 19.9 Å². The summed E-state index contributed by atoms with van der Waals surface area (Å²) in [5.41, 5.74) is 0.735. The molecule has 1 rings (SSSR count). The van der Waals surface area contributed by atoms with Gasteiger partial charge in [-0.15, -0.1) is 0 Å². The van der Waals surface area contributed by atoms with Gasteiger partial charge in [0.15, 0.2) is 0 Å². The summed E-state index contributed by atoms with van der Waals surface area (Å²) in [7, 11) is 0. The molecule has 5 heteroatoms. The Labute approximate surface area is 87.3 Å². The molecular weight excluding hydrogens is 202 g/mol. The van der Waals surface area contributed by atoms with Crippen LogP contribution < -0.4 is 4.74 Å². The molecule has 3 nitrogen and oxygen atoms in total. The predicted octanol–water partition coefficient (Wildman–Crippen LogP) is 2.89. The van der Waals surface area contributed by atoms with Crippen LogP contribution in [0.5, 0.6) is 5.88 Å². The van der Waals surface area contributed by atoms with Gasteiger partial charge in [0.25, 0.3) is 0 Å². The first kappa shape index (κ1) is 13.3. The molecule has 0 aliphatic heterocycles. The quantitative estimate of drug-likeness (QED) is 0.760. The van der Waals surface area contributed by atoms with E-state index in [0.717, 1.165) is 0 Å². The molecule has 0 amide bonds. The molecule has 0 N–H and O–H groups in total. The second-order valence-electron chi connectivity index (χ2n) is 2.34. The van der Waals surface area contributed by atoms with Gasteiger partial charge in [-0.2, -0.15) is 14.0 Å². The van der Waals surface area contributed by atoms with Crippen molar-refractivity contribution in [3.8, 4) is 11.9 Å². The van der Waals surface area contributed by atoms with Gasteiger partial charge in [0.2, 0.25) is 5.88 Å². The van der Waals surface area contributed by atoms with Crippen molar-refractivity contribution >= 4 is 0 Å². The van der Waals surface area contributed by atoms with E-state index in [1.165, 1.54) is 12.3 Å². The van der Waals surface area contributed by atoms with E-state index in [4.69, 9.17) is 5.26 Å². The third-order valence-electron chi connectivity index (χ3n) is 1.36. The highest BCUT2D eigenvalue weighted by Gasteiger charge is 2.08. The van der Waals surface area contributed by atoms with Crippen LogP contribution in [0.15, 0.2) is 12.3 Å². The van der Waals surface area contributed by atoms with E-state index in [-0.39, 0.29) is 5.88 Å². The number of hydrogen-bond donors (Lipinski definition) is 0. The van der Waals surface area contributed by atoms with Crippen LogP contribution in [0, 0.1) is 18.3 Å². The van der Waals surface area contributed by atoms with E-state index in [9.17, 15) is 8.78 Å². The lowest BCUT2D eigenvalue weighted by molar-refractivity contribution is -0.0533. The zero-order valence-electron chi connectivity index (χ0n) is 8.79. The number of aromatic nitrogens is 1. The van der Waals surface area contributed by atoms with Crippen molar-refractivity contribution in [1.82, 2.24) is 4.98 Å². The Kier molecular flexibility index (Phi) is 5.95. The molecule has 0 aromatic carbocycles. The number of aryl methyl sites for hydroxylation is 1. The smallest absolute Gasteiger partial charge is 0.388 e. The lowest BCUT2D eigenvalue weighted by atomic mass is 10.2. The molecule has 0 spiro atoms. The fourth-order valence-electron chi connectivity index (χ4n) is 0.831. The summed E-state index contributed by atoms with van der Waals surface area (Å²) in [5.74, 6) is -0.144. The van der Waals surface area contributed by atoms with Gasteiger partial charge in [-0.05, 0) is 13.0 Å². The first-order valence-corrected chi connectivity index (χ1v) is 4.45. The van der Waals surface area contributed by atoms with Crippen LogP contribution in [0.2, 0.25) is 0 Å². The van der Waals surface area contributed by atoms with Crippen LogP contribution in [-0.2, 0) is 0 Å². The topological polar surface area (TPSA) is 45.9 Å². The van der Waals surface area contributed by atoms with Crippen LogP contribution in [0.4, 0.5) is 8.78 Å². The third-order valence-corrected chi connectivity index (χ3v) is 1.36. The molecule has 0 unspecified atom stereocenters. The zero-order chi connectivity index (χ0) is 11.8. The monoisotopic (exact) mass is 214 g/mol. The van der Waals surface area contributed by atoms with Crippen molar-refractivity contribution in [1.29, 1.82) is 5.26 Å². The van der Waals surface area contributed by atoms with Gasteiger partial charge >= 0.3 is 6.61 Å². The molecule has 82 valence electrons. The average Bonchev–Trinajstić information content (AvgIpc) is 2.23. The SMILES string of the molecule is CC.Cc1cc(C#N)cnc1OC(F)F. The maximum atomic E-state index is 11.8. The highest BCUT2D eigenvalue weighted by atomic mass is 19.3. The largest absolute Gasteiger partial charge is 0.417 e. The van der Waals surface area contributed by atoms with Gasteiger partial charge in [0.05, 0.1) is 5.56 Å². The number of rotatable bonds is 2. The Morgan fingerprint density at radius 2 is 2.07 bits per heavy atom. The molecule has 0 aliphatic carbocycles. The Morgan fingerprint density at radius 1 is 1.47 bits per heavy atom. The van der Waals surface area contributed by atoms with Gasteiger partial charge in [0.1, 0.15) is 6.07 Å². The molecule has 0 aliphatic rings. The first-order valence-electron chi connectivity index (χ1n) is 4.45. The molecule has 1 aromatic rings. The number of ether oxygens (including phenoxy) is 1. The van der Waals surface area contributed by atoms with E-state index >= 15 is 0 Å². The van der Waals surface area contributed by atoms with Gasteiger partial charge in [-0.25, -0.2) is 4.98 Å². The summed E-state index contributed by atoms with van der Waals surface area (Å²) in [5, 5.41) is 8.46. The second kappa shape index (κ2) is 6.71. The van der Waals surface area contributed by atoms with Crippen LogP contribution in [0.1, 0.15) is 25.0 Å². The molecule has 0 fully saturated rings. The van der Waals surface area contributed by atoms with Gasteiger partial charge in [-0.1, -0.05) is 13.8 Å². The van der Waals surface area contributed by atoms with Crippen molar-refractivity contribution in [2.45, 2.75) is 27.4 Å². The van der Waals surface area contributed by atoms with Gasteiger partial charge in [0, 0.05) is 11.8 Å². The normalized spacial score (nSPS) is 8.87. The molecular formula is C10H12F2N2O. The summed E-state index contributed by atoms with van der Waals surface area (Å²) in [6.07, 6.45) is 1.19. The fourth-order valence-corrected chi connectivity index (χ4v) is 0.831. The summed E-state index contributed by atoms with van der Waals surface area (Å²) in [6, 6.07) is 3.28. The third kappa shape index (κ3) is 4.36. The molecule has 15 heavy (non-hydrogen) atoms. The van der Waals surface area contributed by atoms with Gasteiger partial charge in [-0.3, -0.25) is 0 Å². The summed E-state index contributed by atoms with van der Waals surface area (Å²) in [6.45, 7) is 2.66. The first-order chi connectivity index (χ1) is 7.13. The van der Waals surface area contributed by atoms with Crippen molar-refractivity contribution in [3.63, 3.8) is 0 Å². The van der Waals surface area contributed by atoms with E-state index in [1.54, 1.807) is 6.92 Å². The molecule has 0 atom stereocenters. The van der Waals surface area contributed by atoms with Crippen LogP contribution in [-0.4, -0.2) is 11.6 Å². The predicted molar refractivity (Wildman–Crippen MR) is 51.7 cm³/mol. The number of halogens is 2. The van der Waals surface area contributed by atoms with Crippen LogP contribution >= 0.6 is 0 Å². The highest BCUT2D eigenvalue weighted by Crippen LogP contribution is 2.16. The Morgan fingerprint density at radius 3 is 2.47 bits per heavy atom.